The molecule has 1 saturated heterocycles. The molecule has 1 aliphatic heterocycles. The molecular weight excluding hydrogens is 249 g/mol. The van der Waals surface area contributed by atoms with E-state index < -0.39 is 0 Å². The van der Waals surface area contributed by atoms with Crippen molar-refractivity contribution in [2.75, 3.05) is 31.1 Å². The number of hydrogen-bond donors (Lipinski definition) is 1. The highest BCUT2D eigenvalue weighted by Crippen LogP contribution is 2.17. The molecule has 1 fully saturated rings. The van der Waals surface area contributed by atoms with E-state index in [-0.39, 0.29) is 11.9 Å². The highest BCUT2D eigenvalue weighted by atomic mass is 32.1. The molecule has 0 aliphatic carbocycles. The molecule has 2 N–H and O–H groups in total. The number of nitrogens with two attached hydrogens (primary N) is 1. The van der Waals surface area contributed by atoms with Gasteiger partial charge in [0.2, 0.25) is 0 Å². The first kappa shape index (κ1) is 13.2. The van der Waals surface area contributed by atoms with Crippen LogP contribution in [0.2, 0.25) is 0 Å². The highest BCUT2D eigenvalue weighted by Gasteiger charge is 2.22. The van der Waals surface area contributed by atoms with Gasteiger partial charge >= 0.3 is 0 Å². The zero-order valence-electron chi connectivity index (χ0n) is 10.5. The van der Waals surface area contributed by atoms with E-state index >= 15 is 0 Å². The second-order valence-corrected chi connectivity index (χ2v) is 5.05. The van der Waals surface area contributed by atoms with Gasteiger partial charge in [-0.1, -0.05) is 12.2 Å². The van der Waals surface area contributed by atoms with Gasteiger partial charge in [0, 0.05) is 31.9 Å². The summed E-state index contributed by atoms with van der Waals surface area (Å²) in [6.45, 7) is 5.72. The van der Waals surface area contributed by atoms with Gasteiger partial charge in [-0.3, -0.25) is 4.90 Å². The standard InChI is InChI=1S/C13H18FN3S/c1-10(13(15)18)16-6-8-17(9-7-16)12-4-2-11(14)3-5-12/h2-5,10H,6-9H2,1H3,(H2,15,18). The summed E-state index contributed by atoms with van der Waals surface area (Å²) in [4.78, 5) is 5.08. The Hall–Kier alpha value is -1.20. The molecule has 0 radical (unpaired) electrons. The van der Waals surface area contributed by atoms with Crippen LogP contribution in [0, 0.1) is 5.82 Å². The van der Waals surface area contributed by atoms with E-state index in [0.717, 1.165) is 31.9 Å². The van der Waals surface area contributed by atoms with Crippen molar-refractivity contribution < 1.29 is 4.39 Å². The van der Waals surface area contributed by atoms with E-state index in [2.05, 4.69) is 9.80 Å². The minimum Gasteiger partial charge on any atom is -0.392 e. The van der Waals surface area contributed by atoms with Crippen molar-refractivity contribution >= 4 is 22.9 Å². The van der Waals surface area contributed by atoms with Gasteiger partial charge in [0.05, 0.1) is 11.0 Å². The normalized spacial score (nSPS) is 18.7. The molecule has 2 rings (SSSR count). The van der Waals surface area contributed by atoms with Crippen LogP contribution in [-0.2, 0) is 0 Å². The van der Waals surface area contributed by atoms with Crippen LogP contribution in [0.4, 0.5) is 10.1 Å². The molecule has 18 heavy (non-hydrogen) atoms. The largest absolute Gasteiger partial charge is 0.392 e. The lowest BCUT2D eigenvalue weighted by Crippen LogP contribution is -2.52. The van der Waals surface area contributed by atoms with E-state index in [1.807, 2.05) is 19.1 Å². The van der Waals surface area contributed by atoms with Gasteiger partial charge in [-0.25, -0.2) is 4.39 Å². The topological polar surface area (TPSA) is 32.5 Å². The molecule has 1 unspecified atom stereocenters. The summed E-state index contributed by atoms with van der Waals surface area (Å²) in [6, 6.07) is 6.79. The van der Waals surface area contributed by atoms with Gasteiger partial charge in [0.15, 0.2) is 0 Å². The maximum absolute atomic E-state index is 12.9. The molecule has 98 valence electrons. The van der Waals surface area contributed by atoms with E-state index in [4.69, 9.17) is 18.0 Å². The molecule has 1 aliphatic rings. The van der Waals surface area contributed by atoms with Crippen LogP contribution in [0.25, 0.3) is 0 Å². The van der Waals surface area contributed by atoms with Gasteiger partial charge in [-0.15, -0.1) is 0 Å². The van der Waals surface area contributed by atoms with Crippen molar-refractivity contribution in [2.45, 2.75) is 13.0 Å². The Bertz CT molecular complexity index is 413. The Kier molecular flexibility index (Phi) is 4.14. The van der Waals surface area contributed by atoms with E-state index in [1.165, 1.54) is 12.1 Å². The zero-order chi connectivity index (χ0) is 13.1. The first-order valence-electron chi connectivity index (χ1n) is 6.12. The first-order valence-corrected chi connectivity index (χ1v) is 6.52. The quantitative estimate of drug-likeness (QED) is 0.844. The van der Waals surface area contributed by atoms with Crippen molar-refractivity contribution in [1.82, 2.24) is 4.90 Å². The number of thiocarbonyl (C=S) groups is 1. The fourth-order valence-corrected chi connectivity index (χ4v) is 2.35. The van der Waals surface area contributed by atoms with Crippen molar-refractivity contribution in [3.63, 3.8) is 0 Å². The van der Waals surface area contributed by atoms with Crippen LogP contribution < -0.4 is 10.6 Å². The Balaban J connectivity index is 1.94. The summed E-state index contributed by atoms with van der Waals surface area (Å²) in [5.41, 5.74) is 6.73. The lowest BCUT2D eigenvalue weighted by Gasteiger charge is -2.38. The minimum atomic E-state index is -0.195. The predicted molar refractivity (Wildman–Crippen MR) is 76.4 cm³/mol. The van der Waals surface area contributed by atoms with Crippen molar-refractivity contribution in [2.24, 2.45) is 5.73 Å². The van der Waals surface area contributed by atoms with Crippen molar-refractivity contribution in [1.29, 1.82) is 0 Å². The predicted octanol–water partition coefficient (Wildman–Crippen LogP) is 1.62. The number of rotatable bonds is 3. The zero-order valence-corrected chi connectivity index (χ0v) is 11.3. The smallest absolute Gasteiger partial charge is 0.123 e. The Morgan fingerprint density at radius 1 is 1.22 bits per heavy atom. The summed E-state index contributed by atoms with van der Waals surface area (Å²) >= 11 is 5.02. The second-order valence-electron chi connectivity index (χ2n) is 4.58. The third kappa shape index (κ3) is 2.97. The van der Waals surface area contributed by atoms with Crippen molar-refractivity contribution in [3.8, 4) is 0 Å². The van der Waals surface area contributed by atoms with Crippen LogP contribution in [-0.4, -0.2) is 42.1 Å². The Morgan fingerprint density at radius 3 is 2.28 bits per heavy atom. The summed E-state index contributed by atoms with van der Waals surface area (Å²) in [6.07, 6.45) is 0. The van der Waals surface area contributed by atoms with Crippen LogP contribution in [0.3, 0.4) is 0 Å². The van der Waals surface area contributed by atoms with Gasteiger partial charge in [-0.05, 0) is 31.2 Å². The Labute approximate surface area is 112 Å². The molecule has 1 aromatic rings. The monoisotopic (exact) mass is 267 g/mol. The second kappa shape index (κ2) is 5.63. The van der Waals surface area contributed by atoms with Crippen molar-refractivity contribution in [3.05, 3.63) is 30.1 Å². The van der Waals surface area contributed by atoms with Gasteiger partial charge in [0.25, 0.3) is 0 Å². The van der Waals surface area contributed by atoms with E-state index in [9.17, 15) is 4.39 Å². The highest BCUT2D eigenvalue weighted by molar-refractivity contribution is 7.80. The van der Waals surface area contributed by atoms with Crippen LogP contribution in [0.1, 0.15) is 6.92 Å². The molecule has 5 heteroatoms. The van der Waals surface area contributed by atoms with Crippen LogP contribution >= 0.6 is 12.2 Å². The maximum atomic E-state index is 12.9. The minimum absolute atomic E-state index is 0.148. The number of nitrogens with zero attached hydrogens (tertiary/aromatic N) is 2. The number of piperazine rings is 1. The van der Waals surface area contributed by atoms with Crippen LogP contribution in [0.5, 0.6) is 0 Å². The molecule has 0 aromatic heterocycles. The van der Waals surface area contributed by atoms with Gasteiger partial charge in [-0.2, -0.15) is 0 Å². The van der Waals surface area contributed by atoms with Gasteiger partial charge in [0.1, 0.15) is 5.82 Å². The number of hydrogen-bond acceptors (Lipinski definition) is 3. The van der Waals surface area contributed by atoms with Gasteiger partial charge < -0.3 is 10.6 Å². The molecule has 3 nitrogen and oxygen atoms in total. The third-order valence-corrected chi connectivity index (χ3v) is 3.81. The molecular formula is C13H18FN3S. The summed E-state index contributed by atoms with van der Waals surface area (Å²) in [5.74, 6) is -0.195. The molecule has 0 amide bonds. The first-order chi connectivity index (χ1) is 8.58. The summed E-state index contributed by atoms with van der Waals surface area (Å²) in [5, 5.41) is 0. The number of anilines is 1. The van der Waals surface area contributed by atoms with Crippen LogP contribution in [0.15, 0.2) is 24.3 Å². The fraction of sp³-hybridized carbons (Fsp3) is 0.462. The molecule has 1 atom stereocenters. The number of halogens is 1. The lowest BCUT2D eigenvalue weighted by atomic mass is 10.2. The third-order valence-electron chi connectivity index (χ3n) is 3.47. The molecule has 0 bridgehead atoms. The molecule has 1 heterocycles. The molecule has 0 spiro atoms. The summed E-state index contributed by atoms with van der Waals surface area (Å²) < 4.78 is 12.9. The molecule has 0 saturated carbocycles. The average Bonchev–Trinajstić information content (AvgIpc) is 2.39. The SMILES string of the molecule is CC(C(N)=S)N1CCN(c2ccc(F)cc2)CC1. The fourth-order valence-electron chi connectivity index (χ4n) is 2.20. The summed E-state index contributed by atoms with van der Waals surface area (Å²) in [7, 11) is 0. The van der Waals surface area contributed by atoms with E-state index in [1.54, 1.807) is 0 Å². The van der Waals surface area contributed by atoms with E-state index in [0.29, 0.717) is 4.99 Å². The maximum Gasteiger partial charge on any atom is 0.123 e. The average molecular weight is 267 g/mol. The number of benzene rings is 1. The Morgan fingerprint density at radius 2 is 1.78 bits per heavy atom. The molecule has 1 aromatic carbocycles. The lowest BCUT2D eigenvalue weighted by molar-refractivity contribution is 0.239.